The molecule has 2 aliphatic rings. The van der Waals surface area contributed by atoms with Crippen molar-refractivity contribution in [1.82, 2.24) is 10.6 Å². The zero-order valence-electron chi connectivity index (χ0n) is 10.7. The second kappa shape index (κ2) is 6.18. The first kappa shape index (κ1) is 13.3. The van der Waals surface area contributed by atoms with E-state index in [1.165, 1.54) is 12.8 Å². The minimum atomic E-state index is -0.901. The van der Waals surface area contributed by atoms with Crippen LogP contribution in [0.2, 0.25) is 0 Å². The maximum absolute atomic E-state index is 11.7. The maximum atomic E-state index is 11.7. The molecule has 3 N–H and O–H groups in total. The lowest BCUT2D eigenvalue weighted by molar-refractivity contribution is -0.142. The lowest BCUT2D eigenvalue weighted by Gasteiger charge is -2.23. The Morgan fingerprint density at radius 2 is 2.06 bits per heavy atom. The number of carboxylic acid groups (broad SMARTS) is 1. The molecule has 1 aliphatic heterocycles. The Balaban J connectivity index is 1.68. The summed E-state index contributed by atoms with van der Waals surface area (Å²) in [5.74, 6) is -0.873. The minimum absolute atomic E-state index is 0.123. The molecule has 5 nitrogen and oxygen atoms in total. The minimum Gasteiger partial charge on any atom is -0.480 e. The van der Waals surface area contributed by atoms with Gasteiger partial charge < -0.3 is 15.7 Å². The molecule has 0 aromatic carbocycles. The van der Waals surface area contributed by atoms with Gasteiger partial charge in [0.15, 0.2) is 0 Å². The van der Waals surface area contributed by atoms with Crippen molar-refractivity contribution in [3.8, 4) is 0 Å². The molecule has 0 radical (unpaired) electrons. The Kier molecular flexibility index (Phi) is 4.58. The molecule has 1 aliphatic carbocycles. The third-order valence-electron chi connectivity index (χ3n) is 3.81. The Hall–Kier alpha value is -1.10. The zero-order valence-corrected chi connectivity index (χ0v) is 10.7. The van der Waals surface area contributed by atoms with Gasteiger partial charge in [0.1, 0.15) is 6.04 Å². The van der Waals surface area contributed by atoms with Gasteiger partial charge in [0.2, 0.25) is 5.91 Å². The average molecular weight is 254 g/mol. The van der Waals surface area contributed by atoms with E-state index in [0.717, 1.165) is 32.2 Å². The Morgan fingerprint density at radius 1 is 1.28 bits per heavy atom. The topological polar surface area (TPSA) is 78.4 Å². The molecule has 0 spiro atoms. The fraction of sp³-hybridized carbons (Fsp3) is 0.846. The predicted molar refractivity (Wildman–Crippen MR) is 67.2 cm³/mol. The number of carbonyl (C=O) groups excluding carboxylic acids is 1. The van der Waals surface area contributed by atoms with E-state index < -0.39 is 12.0 Å². The third kappa shape index (κ3) is 3.98. The van der Waals surface area contributed by atoms with Crippen molar-refractivity contribution in [1.29, 1.82) is 0 Å². The highest BCUT2D eigenvalue weighted by molar-refractivity contribution is 5.84. The van der Waals surface area contributed by atoms with Crippen LogP contribution in [0.4, 0.5) is 0 Å². The highest BCUT2D eigenvalue weighted by Crippen LogP contribution is 2.32. The van der Waals surface area contributed by atoms with Gasteiger partial charge in [-0.1, -0.05) is 6.42 Å². The summed E-state index contributed by atoms with van der Waals surface area (Å²) < 4.78 is 0. The summed E-state index contributed by atoms with van der Waals surface area (Å²) in [6.45, 7) is 1.03. The zero-order chi connectivity index (χ0) is 13.0. The number of hydrogen-bond donors (Lipinski definition) is 3. The highest BCUT2D eigenvalue weighted by atomic mass is 16.4. The normalized spacial score (nSPS) is 25.4. The highest BCUT2D eigenvalue weighted by Gasteiger charge is 2.37. The van der Waals surface area contributed by atoms with E-state index in [1.807, 2.05) is 0 Å². The van der Waals surface area contributed by atoms with Crippen LogP contribution in [0.3, 0.4) is 0 Å². The van der Waals surface area contributed by atoms with Crippen molar-refractivity contribution in [2.75, 3.05) is 6.54 Å². The Morgan fingerprint density at radius 3 is 2.61 bits per heavy atom. The van der Waals surface area contributed by atoms with Crippen LogP contribution < -0.4 is 10.6 Å². The van der Waals surface area contributed by atoms with Gasteiger partial charge in [0, 0.05) is 12.5 Å². The number of piperidine rings is 1. The maximum Gasteiger partial charge on any atom is 0.326 e. The lowest BCUT2D eigenvalue weighted by Crippen LogP contribution is -2.43. The molecule has 2 unspecified atom stereocenters. The first-order valence-corrected chi connectivity index (χ1v) is 6.92. The van der Waals surface area contributed by atoms with Crippen LogP contribution in [-0.2, 0) is 9.59 Å². The van der Waals surface area contributed by atoms with Gasteiger partial charge in [-0.2, -0.15) is 0 Å². The number of carbonyl (C=O) groups is 2. The van der Waals surface area contributed by atoms with Gasteiger partial charge in [-0.3, -0.25) is 4.79 Å². The summed E-state index contributed by atoms with van der Waals surface area (Å²) >= 11 is 0. The molecular formula is C13H22N2O3. The molecule has 102 valence electrons. The van der Waals surface area contributed by atoms with Crippen LogP contribution in [0, 0.1) is 5.92 Å². The third-order valence-corrected chi connectivity index (χ3v) is 3.81. The summed E-state index contributed by atoms with van der Waals surface area (Å²) in [6.07, 6.45) is 6.63. The van der Waals surface area contributed by atoms with Crippen LogP contribution in [0.1, 0.15) is 44.9 Å². The quantitative estimate of drug-likeness (QED) is 0.657. The fourth-order valence-corrected chi connectivity index (χ4v) is 2.53. The van der Waals surface area contributed by atoms with E-state index in [2.05, 4.69) is 10.6 Å². The first-order valence-electron chi connectivity index (χ1n) is 6.92. The SMILES string of the molecule is O=C(CCC1CCCCN1)NC(C(=O)O)C1CC1. The molecule has 2 atom stereocenters. The van der Waals surface area contributed by atoms with E-state index in [-0.39, 0.29) is 11.8 Å². The molecule has 2 fully saturated rings. The van der Waals surface area contributed by atoms with Crippen LogP contribution in [0.5, 0.6) is 0 Å². The van der Waals surface area contributed by atoms with Crippen LogP contribution >= 0.6 is 0 Å². The summed E-state index contributed by atoms with van der Waals surface area (Å²) in [5.41, 5.74) is 0. The standard InChI is InChI=1S/C13H22N2O3/c16-11(7-6-10-3-1-2-8-14-10)15-12(13(17)18)9-4-5-9/h9-10,12,14H,1-8H2,(H,15,16)(H,17,18). The van der Waals surface area contributed by atoms with Gasteiger partial charge in [-0.25, -0.2) is 4.79 Å². The molecule has 0 aromatic heterocycles. The Labute approximate surface area is 107 Å². The van der Waals surface area contributed by atoms with Gasteiger partial charge in [0.05, 0.1) is 0 Å². The van der Waals surface area contributed by atoms with E-state index in [9.17, 15) is 9.59 Å². The lowest BCUT2D eigenvalue weighted by atomic mass is 10.0. The number of hydrogen-bond acceptors (Lipinski definition) is 3. The van der Waals surface area contributed by atoms with Gasteiger partial charge in [0.25, 0.3) is 0 Å². The monoisotopic (exact) mass is 254 g/mol. The van der Waals surface area contributed by atoms with Gasteiger partial charge in [-0.05, 0) is 44.6 Å². The summed E-state index contributed by atoms with van der Waals surface area (Å²) in [6, 6.07) is -0.245. The number of nitrogens with one attached hydrogen (secondary N) is 2. The molecule has 18 heavy (non-hydrogen) atoms. The molecule has 0 aromatic rings. The van der Waals surface area contributed by atoms with E-state index in [1.54, 1.807) is 0 Å². The number of carboxylic acids is 1. The van der Waals surface area contributed by atoms with E-state index >= 15 is 0 Å². The van der Waals surface area contributed by atoms with E-state index in [4.69, 9.17) is 5.11 Å². The molecule has 1 amide bonds. The molecule has 1 saturated heterocycles. The van der Waals surface area contributed by atoms with Crippen LogP contribution in [0.15, 0.2) is 0 Å². The Bertz CT molecular complexity index is 309. The second-order valence-corrected chi connectivity index (χ2v) is 5.41. The summed E-state index contributed by atoms with van der Waals surface area (Å²) in [4.78, 5) is 22.7. The number of amides is 1. The number of aliphatic carboxylic acids is 1. The molecule has 0 bridgehead atoms. The second-order valence-electron chi connectivity index (χ2n) is 5.41. The van der Waals surface area contributed by atoms with Crippen molar-refractivity contribution < 1.29 is 14.7 Å². The van der Waals surface area contributed by atoms with Crippen LogP contribution in [0.25, 0.3) is 0 Å². The van der Waals surface area contributed by atoms with Gasteiger partial charge in [-0.15, -0.1) is 0 Å². The molecule has 2 rings (SSSR count). The van der Waals surface area contributed by atoms with Crippen molar-refractivity contribution in [3.63, 3.8) is 0 Å². The number of rotatable bonds is 6. The smallest absolute Gasteiger partial charge is 0.326 e. The van der Waals surface area contributed by atoms with Crippen LogP contribution in [-0.4, -0.2) is 35.6 Å². The predicted octanol–water partition coefficient (Wildman–Crippen LogP) is 0.888. The molecule has 5 heteroatoms. The van der Waals surface area contributed by atoms with Crippen molar-refractivity contribution in [2.24, 2.45) is 5.92 Å². The summed E-state index contributed by atoms with van der Waals surface area (Å²) in [5, 5.41) is 15.1. The summed E-state index contributed by atoms with van der Waals surface area (Å²) in [7, 11) is 0. The largest absolute Gasteiger partial charge is 0.480 e. The van der Waals surface area contributed by atoms with Crippen molar-refractivity contribution in [2.45, 2.75) is 57.0 Å². The molecule has 1 heterocycles. The first-order chi connectivity index (χ1) is 8.66. The van der Waals surface area contributed by atoms with E-state index in [0.29, 0.717) is 12.5 Å². The fourth-order valence-electron chi connectivity index (χ4n) is 2.53. The average Bonchev–Trinajstić information content (AvgIpc) is 3.18. The van der Waals surface area contributed by atoms with Crippen molar-refractivity contribution >= 4 is 11.9 Å². The van der Waals surface area contributed by atoms with Gasteiger partial charge >= 0.3 is 5.97 Å². The van der Waals surface area contributed by atoms with Crippen molar-refractivity contribution in [3.05, 3.63) is 0 Å². The molecule has 1 saturated carbocycles. The molecular weight excluding hydrogens is 232 g/mol.